The first-order valence-electron chi connectivity index (χ1n) is 3.97. The van der Waals surface area contributed by atoms with Crippen molar-refractivity contribution in [3.8, 4) is 0 Å². The highest BCUT2D eigenvalue weighted by Crippen LogP contribution is 1.85. The van der Waals surface area contributed by atoms with Crippen LogP contribution in [0.3, 0.4) is 0 Å². The van der Waals surface area contributed by atoms with Crippen LogP contribution in [0.4, 0.5) is 0 Å². The van der Waals surface area contributed by atoms with E-state index in [0.29, 0.717) is 0 Å². The first kappa shape index (κ1) is 13.4. The van der Waals surface area contributed by atoms with Crippen LogP contribution in [0.25, 0.3) is 0 Å². The van der Waals surface area contributed by atoms with Gasteiger partial charge in [0, 0.05) is 0 Å². The lowest BCUT2D eigenvalue weighted by Crippen LogP contribution is -2.21. The summed E-state index contributed by atoms with van der Waals surface area (Å²) in [6.07, 6.45) is 0. The van der Waals surface area contributed by atoms with E-state index in [-0.39, 0.29) is 13.2 Å². The zero-order valence-electron chi connectivity index (χ0n) is 7.93. The summed E-state index contributed by atoms with van der Waals surface area (Å²) >= 11 is 0. The molecular weight excluding hydrogens is 208 g/mol. The maximum absolute atomic E-state index is 10.7. The Balaban J connectivity index is 3.53. The summed E-state index contributed by atoms with van der Waals surface area (Å²) < 4.78 is 12.9. The summed E-state index contributed by atoms with van der Waals surface area (Å²) in [5.74, 6) is -2.54. The van der Waals surface area contributed by atoms with Gasteiger partial charge in [0.2, 0.25) is 0 Å². The highest BCUT2D eigenvalue weighted by atomic mass is 16.6. The molecule has 0 saturated heterocycles. The molecule has 7 heteroatoms. The lowest BCUT2D eigenvalue weighted by molar-refractivity contribution is -0.164. The first-order valence-corrected chi connectivity index (χ1v) is 3.97. The predicted molar refractivity (Wildman–Crippen MR) is 45.3 cm³/mol. The zero-order chi connectivity index (χ0) is 11.7. The van der Waals surface area contributed by atoms with E-state index < -0.39 is 31.1 Å². The van der Waals surface area contributed by atoms with E-state index in [2.05, 4.69) is 21.1 Å². The highest BCUT2D eigenvalue weighted by molar-refractivity contribution is 5.80. The lowest BCUT2D eigenvalue weighted by Gasteiger charge is -2.04. The third-order valence-electron chi connectivity index (χ3n) is 1.06. The fourth-order valence-electron chi connectivity index (χ4n) is 0.522. The van der Waals surface area contributed by atoms with Crippen molar-refractivity contribution in [2.75, 3.05) is 26.4 Å². The Labute approximate surface area is 85.9 Å². The average molecular weight is 219 g/mol. The van der Waals surface area contributed by atoms with E-state index in [1.54, 1.807) is 0 Å². The number of carbonyl (C=O) groups is 3. The molecule has 15 heavy (non-hydrogen) atoms. The molecule has 0 unspecified atom stereocenters. The number of aliphatic hydroxyl groups is 1. The molecule has 0 aliphatic heterocycles. The minimum Gasteiger partial charge on any atom is -0.461 e. The molecule has 0 amide bonds. The molecule has 0 atom stereocenters. The molecular formula is C8H11O7. The van der Waals surface area contributed by atoms with Gasteiger partial charge in [0.1, 0.15) is 6.61 Å². The van der Waals surface area contributed by atoms with Crippen LogP contribution in [0.1, 0.15) is 0 Å². The molecule has 0 heterocycles. The van der Waals surface area contributed by atoms with Crippen LogP contribution in [0.2, 0.25) is 0 Å². The summed E-state index contributed by atoms with van der Waals surface area (Å²) in [5.41, 5.74) is 0. The maximum atomic E-state index is 10.7. The molecule has 0 aromatic carbocycles. The van der Waals surface area contributed by atoms with E-state index in [9.17, 15) is 14.4 Å². The molecule has 0 fully saturated rings. The lowest BCUT2D eigenvalue weighted by atomic mass is 10.6. The molecule has 0 rings (SSSR count). The van der Waals surface area contributed by atoms with Gasteiger partial charge >= 0.3 is 17.9 Å². The molecule has 1 N–H and O–H groups in total. The van der Waals surface area contributed by atoms with Gasteiger partial charge in [-0.1, -0.05) is 0 Å². The van der Waals surface area contributed by atoms with Gasteiger partial charge in [-0.3, -0.25) is 4.79 Å². The first-order chi connectivity index (χ1) is 7.06. The minimum absolute atomic E-state index is 0.162. The van der Waals surface area contributed by atoms with Crippen molar-refractivity contribution in [2.45, 2.75) is 0 Å². The third-order valence-corrected chi connectivity index (χ3v) is 1.06. The number of hydrogen-bond donors (Lipinski definition) is 1. The number of aliphatic hydroxyl groups excluding tert-OH is 1. The van der Waals surface area contributed by atoms with Crippen LogP contribution in [0, 0.1) is 6.92 Å². The molecule has 7 nitrogen and oxygen atoms in total. The van der Waals surface area contributed by atoms with E-state index in [0.717, 1.165) is 0 Å². The van der Waals surface area contributed by atoms with Crippen LogP contribution < -0.4 is 0 Å². The topological polar surface area (TPSA) is 99.1 Å². The third kappa shape index (κ3) is 8.69. The number of esters is 3. The van der Waals surface area contributed by atoms with Crippen LogP contribution in [-0.2, 0) is 28.6 Å². The van der Waals surface area contributed by atoms with E-state index >= 15 is 0 Å². The molecule has 0 saturated carbocycles. The zero-order valence-corrected chi connectivity index (χ0v) is 7.93. The Morgan fingerprint density at radius 2 is 1.53 bits per heavy atom. The number of carbonyl (C=O) groups excluding carboxylic acids is 3. The van der Waals surface area contributed by atoms with Crippen LogP contribution >= 0.6 is 0 Å². The van der Waals surface area contributed by atoms with Gasteiger partial charge in [0.25, 0.3) is 0 Å². The van der Waals surface area contributed by atoms with Gasteiger partial charge < -0.3 is 19.3 Å². The Morgan fingerprint density at radius 1 is 1.00 bits per heavy atom. The normalized spacial score (nSPS) is 9.20. The quantitative estimate of drug-likeness (QED) is 0.426. The molecule has 0 bridgehead atoms. The second-order valence-electron chi connectivity index (χ2n) is 2.27. The van der Waals surface area contributed by atoms with Crippen molar-refractivity contribution in [1.29, 1.82) is 0 Å². The van der Waals surface area contributed by atoms with Crippen LogP contribution in [0.15, 0.2) is 0 Å². The second-order valence-corrected chi connectivity index (χ2v) is 2.27. The summed E-state index contributed by atoms with van der Waals surface area (Å²) in [4.78, 5) is 31.6. The predicted octanol–water partition coefficient (Wildman–Crippen LogP) is -1.56. The summed E-state index contributed by atoms with van der Waals surface area (Å²) in [6, 6.07) is 0. The van der Waals surface area contributed by atoms with Crippen molar-refractivity contribution in [3.05, 3.63) is 6.92 Å². The molecule has 0 spiro atoms. The SMILES string of the molecule is [CH2]C(=O)OCC(=O)OCC(=O)OCCO. The Kier molecular flexibility index (Phi) is 6.90. The fourth-order valence-corrected chi connectivity index (χ4v) is 0.522. The largest absolute Gasteiger partial charge is 0.461 e. The Bertz CT molecular complexity index is 235. The van der Waals surface area contributed by atoms with Crippen molar-refractivity contribution in [1.82, 2.24) is 0 Å². The van der Waals surface area contributed by atoms with E-state index in [1.165, 1.54) is 0 Å². The monoisotopic (exact) mass is 219 g/mol. The minimum atomic E-state index is -0.882. The number of ether oxygens (including phenoxy) is 3. The summed E-state index contributed by atoms with van der Waals surface area (Å²) in [5, 5.41) is 8.29. The molecule has 0 aliphatic rings. The smallest absolute Gasteiger partial charge is 0.344 e. The molecule has 85 valence electrons. The Hall–Kier alpha value is -1.63. The molecule has 0 aromatic rings. The standard InChI is InChI=1S/C8H11O7/c1-6(10)14-4-8(12)15-5-7(11)13-3-2-9/h9H,1-5H2. The van der Waals surface area contributed by atoms with Gasteiger partial charge in [-0.25, -0.2) is 9.59 Å². The van der Waals surface area contributed by atoms with Gasteiger partial charge in [0.15, 0.2) is 13.2 Å². The van der Waals surface area contributed by atoms with Gasteiger partial charge in [-0.15, -0.1) is 0 Å². The van der Waals surface area contributed by atoms with Crippen LogP contribution in [0.5, 0.6) is 0 Å². The average Bonchev–Trinajstić information content (AvgIpc) is 2.20. The molecule has 0 aliphatic carbocycles. The van der Waals surface area contributed by atoms with E-state index in [4.69, 9.17) is 5.11 Å². The molecule has 0 aromatic heterocycles. The van der Waals surface area contributed by atoms with Crippen molar-refractivity contribution >= 4 is 17.9 Å². The summed E-state index contributed by atoms with van der Waals surface area (Å²) in [7, 11) is 0. The van der Waals surface area contributed by atoms with Gasteiger partial charge in [0.05, 0.1) is 13.5 Å². The second kappa shape index (κ2) is 7.74. The number of rotatable bonds is 6. The van der Waals surface area contributed by atoms with E-state index in [1.807, 2.05) is 0 Å². The highest BCUT2D eigenvalue weighted by Gasteiger charge is 2.09. The van der Waals surface area contributed by atoms with Gasteiger partial charge in [-0.2, -0.15) is 0 Å². The van der Waals surface area contributed by atoms with Crippen LogP contribution in [-0.4, -0.2) is 49.4 Å². The molecule has 1 radical (unpaired) electrons. The maximum Gasteiger partial charge on any atom is 0.344 e. The Morgan fingerprint density at radius 3 is 2.07 bits per heavy atom. The van der Waals surface area contributed by atoms with Gasteiger partial charge in [-0.05, 0) is 0 Å². The van der Waals surface area contributed by atoms with Crippen molar-refractivity contribution in [3.63, 3.8) is 0 Å². The fraction of sp³-hybridized carbons (Fsp3) is 0.500. The number of hydrogen-bond acceptors (Lipinski definition) is 7. The summed E-state index contributed by atoms with van der Waals surface area (Å²) in [6.45, 7) is 1.20. The van der Waals surface area contributed by atoms with Crippen molar-refractivity contribution in [2.24, 2.45) is 0 Å². The van der Waals surface area contributed by atoms with Crippen molar-refractivity contribution < 1.29 is 33.7 Å².